The summed E-state index contributed by atoms with van der Waals surface area (Å²) in [5.41, 5.74) is 1.00. The molecule has 96 valence electrons. The van der Waals surface area contributed by atoms with E-state index in [1.165, 1.54) is 0 Å². The van der Waals surface area contributed by atoms with Gasteiger partial charge in [0.1, 0.15) is 0 Å². The average Bonchev–Trinajstić information content (AvgIpc) is 2.35. The molecule has 0 fully saturated rings. The van der Waals surface area contributed by atoms with Crippen molar-refractivity contribution in [2.45, 2.75) is 6.61 Å². The monoisotopic (exact) mass is 242 g/mol. The summed E-state index contributed by atoms with van der Waals surface area (Å²) in [6.45, 7) is 0.862. The van der Waals surface area contributed by atoms with E-state index in [9.17, 15) is 0 Å². The first-order chi connectivity index (χ1) is 8.31. The molecule has 0 heterocycles. The first kappa shape index (κ1) is 13.8. The number of hydrogen-bond donors (Lipinski definition) is 0. The minimum atomic E-state index is 0.166. The number of hydrogen-bond acceptors (Lipinski definition) is 5. The molecule has 1 aromatic carbocycles. The van der Waals surface area contributed by atoms with Gasteiger partial charge in [-0.2, -0.15) is 0 Å². The quantitative estimate of drug-likeness (QED) is 0.650. The van der Waals surface area contributed by atoms with Crippen LogP contribution in [0.25, 0.3) is 0 Å². The molecule has 0 spiro atoms. The van der Waals surface area contributed by atoms with Crippen molar-refractivity contribution >= 4 is 0 Å². The summed E-state index contributed by atoms with van der Waals surface area (Å²) < 4.78 is 25.6. The molecule has 0 saturated heterocycles. The molecule has 0 amide bonds. The summed E-state index contributed by atoms with van der Waals surface area (Å²) in [6.07, 6.45) is 0. The minimum Gasteiger partial charge on any atom is -0.464 e. The molecular formula is C12H18O5. The number of benzene rings is 1. The highest BCUT2D eigenvalue weighted by Gasteiger charge is 2.06. The van der Waals surface area contributed by atoms with Crippen LogP contribution in [0.1, 0.15) is 5.56 Å². The first-order valence-electron chi connectivity index (χ1n) is 5.17. The van der Waals surface area contributed by atoms with Gasteiger partial charge in [-0.25, -0.2) is 0 Å². The van der Waals surface area contributed by atoms with Crippen molar-refractivity contribution in [1.29, 1.82) is 0 Å². The number of ether oxygens (including phenoxy) is 5. The van der Waals surface area contributed by atoms with E-state index in [4.69, 9.17) is 23.7 Å². The molecule has 0 aliphatic carbocycles. The van der Waals surface area contributed by atoms with Gasteiger partial charge >= 0.3 is 0 Å². The molecule has 5 heteroatoms. The standard InChI is InChI=1S/C12H18O5/c1-13-7-10-4-5-11(16-8-14-2)12(6-10)17-9-15-3/h4-6H,7-9H2,1-3H3. The Bertz CT molecular complexity index is 327. The Hall–Kier alpha value is -1.30. The zero-order valence-electron chi connectivity index (χ0n) is 10.4. The average molecular weight is 242 g/mol. The molecule has 1 aromatic rings. The van der Waals surface area contributed by atoms with Crippen molar-refractivity contribution in [3.63, 3.8) is 0 Å². The van der Waals surface area contributed by atoms with Crippen LogP contribution >= 0.6 is 0 Å². The third-order valence-electron chi connectivity index (χ3n) is 1.98. The Kier molecular flexibility index (Phi) is 6.39. The second-order valence-corrected chi connectivity index (χ2v) is 3.32. The summed E-state index contributed by atoms with van der Waals surface area (Å²) in [6, 6.07) is 5.58. The van der Waals surface area contributed by atoms with E-state index in [1.54, 1.807) is 21.3 Å². The molecule has 0 atom stereocenters. The second kappa shape index (κ2) is 7.89. The number of rotatable bonds is 8. The zero-order valence-corrected chi connectivity index (χ0v) is 10.4. The lowest BCUT2D eigenvalue weighted by molar-refractivity contribution is 0.0321. The van der Waals surface area contributed by atoms with Gasteiger partial charge in [-0.3, -0.25) is 0 Å². The molecule has 1 rings (SSSR count). The van der Waals surface area contributed by atoms with E-state index in [2.05, 4.69) is 0 Å². The van der Waals surface area contributed by atoms with Crippen molar-refractivity contribution in [3.8, 4) is 11.5 Å². The predicted octanol–water partition coefficient (Wildman–Crippen LogP) is 1.80. The Morgan fingerprint density at radius 2 is 1.47 bits per heavy atom. The fourth-order valence-electron chi connectivity index (χ4n) is 1.29. The number of methoxy groups -OCH3 is 3. The van der Waals surface area contributed by atoms with Crippen molar-refractivity contribution in [3.05, 3.63) is 23.8 Å². The van der Waals surface area contributed by atoms with Crippen LogP contribution in [0.2, 0.25) is 0 Å². The zero-order chi connectivity index (χ0) is 12.5. The summed E-state index contributed by atoms with van der Waals surface area (Å²) >= 11 is 0. The maximum Gasteiger partial charge on any atom is 0.188 e. The summed E-state index contributed by atoms with van der Waals surface area (Å²) in [5, 5.41) is 0. The van der Waals surface area contributed by atoms with Crippen molar-refractivity contribution in [1.82, 2.24) is 0 Å². The van der Waals surface area contributed by atoms with Crippen LogP contribution in [-0.4, -0.2) is 34.9 Å². The summed E-state index contributed by atoms with van der Waals surface area (Å²) in [4.78, 5) is 0. The predicted molar refractivity (Wildman–Crippen MR) is 62.2 cm³/mol. The Balaban J connectivity index is 2.78. The third kappa shape index (κ3) is 4.60. The van der Waals surface area contributed by atoms with E-state index >= 15 is 0 Å². The highest BCUT2D eigenvalue weighted by Crippen LogP contribution is 2.28. The van der Waals surface area contributed by atoms with Crippen molar-refractivity contribution < 1.29 is 23.7 Å². The van der Waals surface area contributed by atoms with Gasteiger partial charge in [0.05, 0.1) is 6.61 Å². The fourth-order valence-corrected chi connectivity index (χ4v) is 1.29. The van der Waals surface area contributed by atoms with Crippen LogP contribution in [0.5, 0.6) is 11.5 Å². The van der Waals surface area contributed by atoms with Crippen molar-refractivity contribution in [2.75, 3.05) is 34.9 Å². The SMILES string of the molecule is COCOc1ccc(COC)cc1OCOC. The molecule has 0 aromatic heterocycles. The van der Waals surface area contributed by atoms with Gasteiger partial charge in [0, 0.05) is 21.3 Å². The van der Waals surface area contributed by atoms with Crippen LogP contribution in [-0.2, 0) is 20.8 Å². The third-order valence-corrected chi connectivity index (χ3v) is 1.98. The van der Waals surface area contributed by atoms with Crippen LogP contribution in [0.15, 0.2) is 18.2 Å². The Morgan fingerprint density at radius 1 is 0.824 bits per heavy atom. The van der Waals surface area contributed by atoms with Crippen LogP contribution in [0.4, 0.5) is 0 Å². The minimum absolute atomic E-state index is 0.166. The smallest absolute Gasteiger partial charge is 0.188 e. The van der Waals surface area contributed by atoms with Crippen LogP contribution in [0.3, 0.4) is 0 Å². The Labute approximate surface area is 101 Å². The van der Waals surface area contributed by atoms with Gasteiger partial charge in [-0.15, -0.1) is 0 Å². The summed E-state index contributed by atoms with van der Waals surface area (Å²) in [7, 11) is 4.77. The maximum absolute atomic E-state index is 5.41. The Morgan fingerprint density at radius 3 is 2.06 bits per heavy atom. The van der Waals surface area contributed by atoms with Gasteiger partial charge in [-0.1, -0.05) is 6.07 Å². The first-order valence-corrected chi connectivity index (χ1v) is 5.17. The molecule has 0 aliphatic heterocycles. The highest BCUT2D eigenvalue weighted by molar-refractivity contribution is 5.42. The van der Waals surface area contributed by atoms with Gasteiger partial charge in [0.2, 0.25) is 0 Å². The molecule has 5 nitrogen and oxygen atoms in total. The lowest BCUT2D eigenvalue weighted by atomic mass is 10.2. The van der Waals surface area contributed by atoms with E-state index in [0.29, 0.717) is 18.1 Å². The molecule has 0 unspecified atom stereocenters. The molecule has 17 heavy (non-hydrogen) atoms. The normalized spacial score (nSPS) is 10.3. The van der Waals surface area contributed by atoms with Gasteiger partial charge in [0.25, 0.3) is 0 Å². The lowest BCUT2D eigenvalue weighted by Crippen LogP contribution is -2.05. The van der Waals surface area contributed by atoms with E-state index < -0.39 is 0 Å². The van der Waals surface area contributed by atoms with E-state index in [-0.39, 0.29) is 13.6 Å². The highest BCUT2D eigenvalue weighted by atomic mass is 16.7. The van der Waals surface area contributed by atoms with Gasteiger partial charge in [0.15, 0.2) is 25.1 Å². The molecule has 0 aliphatic rings. The van der Waals surface area contributed by atoms with Crippen LogP contribution in [0, 0.1) is 0 Å². The van der Waals surface area contributed by atoms with Crippen molar-refractivity contribution in [2.24, 2.45) is 0 Å². The molecular weight excluding hydrogens is 224 g/mol. The fraction of sp³-hybridized carbons (Fsp3) is 0.500. The van der Waals surface area contributed by atoms with Gasteiger partial charge in [-0.05, 0) is 17.7 Å². The second-order valence-electron chi connectivity index (χ2n) is 3.32. The molecule has 0 N–H and O–H groups in total. The molecule has 0 saturated carbocycles. The lowest BCUT2D eigenvalue weighted by Gasteiger charge is -2.13. The van der Waals surface area contributed by atoms with Gasteiger partial charge < -0.3 is 23.7 Å². The maximum atomic E-state index is 5.41. The van der Waals surface area contributed by atoms with Crippen LogP contribution < -0.4 is 9.47 Å². The van der Waals surface area contributed by atoms with E-state index in [0.717, 1.165) is 5.56 Å². The summed E-state index contributed by atoms with van der Waals surface area (Å²) in [5.74, 6) is 1.22. The van der Waals surface area contributed by atoms with E-state index in [1.807, 2.05) is 18.2 Å². The topological polar surface area (TPSA) is 46.2 Å². The largest absolute Gasteiger partial charge is 0.464 e. The molecule has 0 radical (unpaired) electrons. The molecule has 0 bridgehead atoms.